The number of likely N-dealkylation sites (tertiary alicyclic amines) is 1. The van der Waals surface area contributed by atoms with Crippen molar-refractivity contribution in [3.63, 3.8) is 0 Å². The lowest BCUT2D eigenvalue weighted by atomic mass is 9.75. The summed E-state index contributed by atoms with van der Waals surface area (Å²) in [7, 11) is 0. The van der Waals surface area contributed by atoms with E-state index < -0.39 is 5.41 Å². The van der Waals surface area contributed by atoms with E-state index in [4.69, 9.17) is 4.74 Å². The number of amides is 3. The normalized spacial score (nSPS) is 23.7. The number of benzene rings is 1. The van der Waals surface area contributed by atoms with Crippen molar-refractivity contribution in [1.29, 1.82) is 0 Å². The quantitative estimate of drug-likeness (QED) is 0.287. The molecule has 3 atom stereocenters. The van der Waals surface area contributed by atoms with Crippen molar-refractivity contribution >= 4 is 17.7 Å². The van der Waals surface area contributed by atoms with Gasteiger partial charge in [-0.3, -0.25) is 24.3 Å². The Labute approximate surface area is 212 Å². The summed E-state index contributed by atoms with van der Waals surface area (Å²) in [5, 5.41) is 0. The highest BCUT2D eigenvalue weighted by Gasteiger charge is 2.54. The molecule has 1 unspecified atom stereocenters. The summed E-state index contributed by atoms with van der Waals surface area (Å²) >= 11 is 0. The second-order valence-electron chi connectivity index (χ2n) is 9.43. The molecule has 36 heavy (non-hydrogen) atoms. The highest BCUT2D eigenvalue weighted by molar-refractivity contribution is 6.10. The van der Waals surface area contributed by atoms with Crippen molar-refractivity contribution < 1.29 is 19.1 Å². The van der Waals surface area contributed by atoms with E-state index in [2.05, 4.69) is 17.6 Å². The second kappa shape index (κ2) is 11.3. The van der Waals surface area contributed by atoms with Gasteiger partial charge in [0, 0.05) is 37.7 Å². The highest BCUT2D eigenvalue weighted by Crippen LogP contribution is 2.41. The van der Waals surface area contributed by atoms with E-state index >= 15 is 0 Å². The van der Waals surface area contributed by atoms with Gasteiger partial charge in [0.1, 0.15) is 5.75 Å². The Kier molecular flexibility index (Phi) is 7.98. The molecule has 7 nitrogen and oxygen atoms in total. The minimum absolute atomic E-state index is 0.00393. The van der Waals surface area contributed by atoms with E-state index in [9.17, 15) is 14.4 Å². The van der Waals surface area contributed by atoms with Crippen LogP contribution in [0, 0.1) is 0 Å². The van der Waals surface area contributed by atoms with Crippen molar-refractivity contribution in [2.45, 2.75) is 56.5 Å². The molecule has 2 aliphatic rings. The van der Waals surface area contributed by atoms with E-state index in [1.54, 1.807) is 18.5 Å². The van der Waals surface area contributed by atoms with Crippen LogP contribution in [0.15, 0.2) is 79.7 Å². The number of ether oxygens (including phenoxy) is 1. The molecule has 1 aromatic heterocycles. The molecule has 0 saturated carbocycles. The lowest BCUT2D eigenvalue weighted by Crippen LogP contribution is -2.50. The van der Waals surface area contributed by atoms with Gasteiger partial charge in [0.05, 0.1) is 18.2 Å². The number of nitrogens with zero attached hydrogens (tertiary/aromatic N) is 3. The minimum atomic E-state index is -1.21. The Balaban J connectivity index is 1.53. The average molecular weight is 488 g/mol. The molecule has 0 radical (unpaired) electrons. The Hall–Kier alpha value is -3.74. The molecule has 3 heterocycles. The Bertz CT molecular complexity index is 1120. The fourth-order valence-corrected chi connectivity index (χ4v) is 5.25. The zero-order valence-corrected chi connectivity index (χ0v) is 20.7. The van der Waals surface area contributed by atoms with E-state index in [1.807, 2.05) is 60.4 Å². The summed E-state index contributed by atoms with van der Waals surface area (Å²) in [5.74, 6) is -0.0498. The molecule has 2 aromatic rings. The summed E-state index contributed by atoms with van der Waals surface area (Å²) in [4.78, 5) is 47.9. The van der Waals surface area contributed by atoms with Gasteiger partial charge in [0.15, 0.2) is 0 Å². The molecule has 0 N–H and O–H groups in total. The van der Waals surface area contributed by atoms with Gasteiger partial charge in [0.25, 0.3) is 0 Å². The number of carbonyl (C=O) groups excluding carboxylic acids is 3. The Morgan fingerprint density at radius 3 is 2.75 bits per heavy atom. The summed E-state index contributed by atoms with van der Waals surface area (Å²) in [5.41, 5.74) is -0.509. The zero-order chi connectivity index (χ0) is 25.5. The third-order valence-corrected chi connectivity index (χ3v) is 7.00. The van der Waals surface area contributed by atoms with Gasteiger partial charge in [0.2, 0.25) is 17.7 Å². The Morgan fingerprint density at radius 2 is 2.03 bits per heavy atom. The standard InChI is InChI=1S/C29H33N3O4/c1-3-10-24-14-7-11-22(2)32(24)27(34)20-29(23-12-5-4-6-13-23)19-26(33)31(28(29)35)17-9-18-36-25-15-8-16-30-21-25/h3-8,11-13,15-16,21-22,24H,1,9-10,14,17-20H2,2H3/t22-,24-,29?/m1/s1. The topological polar surface area (TPSA) is 79.8 Å². The van der Waals surface area contributed by atoms with Crippen LogP contribution in [0.1, 0.15) is 44.6 Å². The number of pyridine rings is 1. The first kappa shape index (κ1) is 25.4. The summed E-state index contributed by atoms with van der Waals surface area (Å²) in [6, 6.07) is 12.7. The first-order valence-corrected chi connectivity index (χ1v) is 12.5. The molecule has 3 amide bonds. The second-order valence-corrected chi connectivity index (χ2v) is 9.43. The maximum absolute atomic E-state index is 13.9. The van der Waals surface area contributed by atoms with Crippen molar-refractivity contribution in [2.24, 2.45) is 0 Å². The largest absolute Gasteiger partial charge is 0.492 e. The van der Waals surface area contributed by atoms with E-state index in [1.165, 1.54) is 4.90 Å². The van der Waals surface area contributed by atoms with Crippen molar-refractivity contribution in [3.05, 3.63) is 85.2 Å². The average Bonchev–Trinajstić information content (AvgIpc) is 3.12. The summed E-state index contributed by atoms with van der Waals surface area (Å²) in [6.45, 7) is 6.41. The third-order valence-electron chi connectivity index (χ3n) is 7.00. The van der Waals surface area contributed by atoms with Crippen LogP contribution in [0.25, 0.3) is 0 Å². The molecular weight excluding hydrogens is 454 g/mol. The molecule has 0 aliphatic carbocycles. The van der Waals surface area contributed by atoms with E-state index in [-0.39, 0.29) is 49.2 Å². The smallest absolute Gasteiger partial charge is 0.240 e. The van der Waals surface area contributed by atoms with Gasteiger partial charge in [-0.05, 0) is 43.9 Å². The number of imide groups is 1. The number of carbonyl (C=O) groups is 3. The predicted molar refractivity (Wildman–Crippen MR) is 137 cm³/mol. The van der Waals surface area contributed by atoms with Gasteiger partial charge < -0.3 is 9.64 Å². The molecule has 7 heteroatoms. The predicted octanol–water partition coefficient (Wildman–Crippen LogP) is 4.06. The van der Waals surface area contributed by atoms with Crippen molar-refractivity contribution in [2.75, 3.05) is 13.2 Å². The van der Waals surface area contributed by atoms with Crippen LogP contribution in [-0.2, 0) is 19.8 Å². The third kappa shape index (κ3) is 5.25. The van der Waals surface area contributed by atoms with Crippen LogP contribution in [0.3, 0.4) is 0 Å². The molecule has 0 bridgehead atoms. The van der Waals surface area contributed by atoms with Gasteiger partial charge in [-0.2, -0.15) is 0 Å². The number of aromatic nitrogens is 1. The molecule has 1 aromatic carbocycles. The van der Waals surface area contributed by atoms with Crippen molar-refractivity contribution in [3.8, 4) is 5.75 Å². The van der Waals surface area contributed by atoms with E-state index in [0.717, 1.165) is 6.42 Å². The highest BCUT2D eigenvalue weighted by atomic mass is 16.5. The number of hydrogen-bond donors (Lipinski definition) is 0. The van der Waals surface area contributed by atoms with Gasteiger partial charge in [-0.25, -0.2) is 0 Å². The molecular formula is C29H33N3O4. The first-order chi connectivity index (χ1) is 17.5. The fourth-order valence-electron chi connectivity index (χ4n) is 5.25. The number of hydrogen-bond acceptors (Lipinski definition) is 5. The maximum atomic E-state index is 13.9. The molecule has 188 valence electrons. The monoisotopic (exact) mass is 487 g/mol. The van der Waals surface area contributed by atoms with Crippen LogP contribution in [0.4, 0.5) is 0 Å². The molecule has 0 spiro atoms. The first-order valence-electron chi connectivity index (χ1n) is 12.5. The zero-order valence-electron chi connectivity index (χ0n) is 20.7. The molecule has 2 aliphatic heterocycles. The lowest BCUT2D eigenvalue weighted by molar-refractivity contribution is -0.144. The minimum Gasteiger partial charge on any atom is -0.492 e. The maximum Gasteiger partial charge on any atom is 0.240 e. The summed E-state index contributed by atoms with van der Waals surface area (Å²) < 4.78 is 5.68. The SMILES string of the molecule is C=CC[C@@H]1CC=C[C@@H](C)N1C(=O)CC1(c2ccccc2)CC(=O)N(CCCOc2cccnc2)C1=O. The van der Waals surface area contributed by atoms with Crippen molar-refractivity contribution in [1.82, 2.24) is 14.8 Å². The van der Waals surface area contributed by atoms with E-state index in [0.29, 0.717) is 30.8 Å². The van der Waals surface area contributed by atoms with Gasteiger partial charge >= 0.3 is 0 Å². The van der Waals surface area contributed by atoms with Crippen LogP contribution >= 0.6 is 0 Å². The van der Waals surface area contributed by atoms with Crippen LogP contribution < -0.4 is 4.74 Å². The Morgan fingerprint density at radius 1 is 1.22 bits per heavy atom. The van der Waals surface area contributed by atoms with Crippen LogP contribution in [-0.4, -0.2) is 57.7 Å². The number of rotatable bonds is 10. The lowest BCUT2D eigenvalue weighted by Gasteiger charge is -2.39. The fraction of sp³-hybridized carbons (Fsp3) is 0.379. The molecule has 1 fully saturated rings. The van der Waals surface area contributed by atoms with Gasteiger partial charge in [-0.15, -0.1) is 6.58 Å². The van der Waals surface area contributed by atoms with Crippen LogP contribution in [0.2, 0.25) is 0 Å². The molecule has 4 rings (SSSR count). The summed E-state index contributed by atoms with van der Waals surface area (Å²) in [6.07, 6.45) is 11.1. The van der Waals surface area contributed by atoms with Crippen LogP contribution in [0.5, 0.6) is 5.75 Å². The van der Waals surface area contributed by atoms with Gasteiger partial charge in [-0.1, -0.05) is 48.6 Å². The molecule has 1 saturated heterocycles.